The van der Waals surface area contributed by atoms with Gasteiger partial charge in [0.05, 0.1) is 6.61 Å². The van der Waals surface area contributed by atoms with Crippen LogP contribution in [0.15, 0.2) is 18.2 Å². The summed E-state index contributed by atoms with van der Waals surface area (Å²) in [7, 11) is 1.59. The molecule has 1 aliphatic rings. The van der Waals surface area contributed by atoms with Gasteiger partial charge in [0.2, 0.25) is 12.7 Å². The molecule has 2 rings (SSSR count). The van der Waals surface area contributed by atoms with Gasteiger partial charge in [0.25, 0.3) is 0 Å². The van der Waals surface area contributed by atoms with Crippen LogP contribution in [0.1, 0.15) is 31.2 Å². The van der Waals surface area contributed by atoms with Crippen molar-refractivity contribution in [1.29, 1.82) is 0 Å². The van der Waals surface area contributed by atoms with Crippen molar-refractivity contribution in [3.63, 3.8) is 0 Å². The van der Waals surface area contributed by atoms with Crippen molar-refractivity contribution >= 4 is 11.9 Å². The summed E-state index contributed by atoms with van der Waals surface area (Å²) < 4.78 is 15.7. The summed E-state index contributed by atoms with van der Waals surface area (Å²) >= 11 is 0. The van der Waals surface area contributed by atoms with Crippen molar-refractivity contribution in [3.8, 4) is 11.5 Å². The number of aliphatic carboxylic acids is 1. The van der Waals surface area contributed by atoms with Crippen molar-refractivity contribution in [2.45, 2.75) is 32.2 Å². The maximum absolute atomic E-state index is 12.4. The molecule has 0 bridgehead atoms. The normalized spacial score (nSPS) is 12.2. The fraction of sp³-hybridized carbons (Fsp3) is 0.529. The minimum atomic E-state index is -0.834. The Balaban J connectivity index is 1.91. The van der Waals surface area contributed by atoms with Gasteiger partial charge >= 0.3 is 5.97 Å². The van der Waals surface area contributed by atoms with Crippen molar-refractivity contribution in [2.75, 3.05) is 27.1 Å². The fourth-order valence-corrected chi connectivity index (χ4v) is 2.46. The van der Waals surface area contributed by atoms with Gasteiger partial charge in [-0.2, -0.15) is 0 Å². The Labute approximate surface area is 141 Å². The number of methoxy groups -OCH3 is 1. The van der Waals surface area contributed by atoms with Gasteiger partial charge in [0.15, 0.2) is 11.5 Å². The third kappa shape index (κ3) is 5.42. The topological polar surface area (TPSA) is 85.3 Å². The first-order valence-corrected chi connectivity index (χ1v) is 7.97. The van der Waals surface area contributed by atoms with Crippen molar-refractivity contribution in [2.24, 2.45) is 0 Å². The Morgan fingerprint density at radius 2 is 1.96 bits per heavy atom. The highest BCUT2D eigenvalue weighted by molar-refractivity contribution is 5.76. The highest BCUT2D eigenvalue weighted by atomic mass is 16.7. The number of hydrogen-bond donors (Lipinski definition) is 1. The molecule has 0 spiro atoms. The Bertz CT molecular complexity index is 574. The van der Waals surface area contributed by atoms with E-state index in [-0.39, 0.29) is 19.1 Å². The van der Waals surface area contributed by atoms with Crippen LogP contribution >= 0.6 is 0 Å². The van der Waals surface area contributed by atoms with Gasteiger partial charge in [-0.25, -0.2) is 0 Å². The van der Waals surface area contributed by atoms with E-state index in [9.17, 15) is 9.59 Å². The van der Waals surface area contributed by atoms with Crippen LogP contribution in [0.4, 0.5) is 0 Å². The molecule has 0 saturated heterocycles. The third-order valence-electron chi connectivity index (χ3n) is 3.76. The second kappa shape index (κ2) is 9.12. The molecule has 0 aliphatic carbocycles. The molecule has 1 aromatic carbocycles. The Morgan fingerprint density at radius 1 is 1.21 bits per heavy atom. The molecule has 1 amide bonds. The highest BCUT2D eigenvalue weighted by Gasteiger charge is 2.17. The van der Waals surface area contributed by atoms with Crippen molar-refractivity contribution in [3.05, 3.63) is 23.8 Å². The van der Waals surface area contributed by atoms with Crippen LogP contribution in [0.2, 0.25) is 0 Å². The smallest absolute Gasteiger partial charge is 0.303 e. The molecule has 132 valence electrons. The van der Waals surface area contributed by atoms with Crippen LogP contribution < -0.4 is 9.47 Å². The van der Waals surface area contributed by atoms with Crippen LogP contribution in [0, 0.1) is 0 Å². The largest absolute Gasteiger partial charge is 0.481 e. The molecule has 0 fully saturated rings. The summed E-state index contributed by atoms with van der Waals surface area (Å²) in [6.45, 7) is 1.61. The van der Waals surface area contributed by atoms with E-state index in [0.717, 1.165) is 5.56 Å². The minimum Gasteiger partial charge on any atom is -0.481 e. The molecule has 0 atom stereocenters. The Kier molecular flexibility index (Phi) is 6.87. The summed E-state index contributed by atoms with van der Waals surface area (Å²) in [6, 6.07) is 5.62. The summed E-state index contributed by atoms with van der Waals surface area (Å²) in [5, 5.41) is 8.64. The number of fused-ring (bicyclic) bond motifs is 1. The number of ether oxygens (including phenoxy) is 3. The molecule has 7 nitrogen and oxygen atoms in total. The number of carboxylic acids is 1. The average Bonchev–Trinajstić information content (AvgIpc) is 3.02. The molecule has 7 heteroatoms. The number of carboxylic acid groups (broad SMARTS) is 1. The standard InChI is InChI=1S/C17H23NO6/c1-22-9-8-18(16(19)4-2-3-5-17(20)21)11-13-6-7-14-15(10-13)24-12-23-14/h6-7,10H,2-5,8-9,11-12H2,1H3,(H,20,21). The number of hydrogen-bond acceptors (Lipinski definition) is 5. The first-order chi connectivity index (χ1) is 11.6. The van der Waals surface area contributed by atoms with Crippen LogP contribution in [-0.2, 0) is 20.9 Å². The molecular weight excluding hydrogens is 314 g/mol. The molecule has 24 heavy (non-hydrogen) atoms. The van der Waals surface area contributed by atoms with Crippen LogP contribution in [-0.4, -0.2) is 48.9 Å². The molecule has 0 aromatic heterocycles. The third-order valence-corrected chi connectivity index (χ3v) is 3.76. The summed E-state index contributed by atoms with van der Waals surface area (Å²) in [5.74, 6) is 0.560. The van der Waals surface area contributed by atoms with Crippen molar-refractivity contribution in [1.82, 2.24) is 4.90 Å². The lowest BCUT2D eigenvalue weighted by molar-refractivity contribution is -0.137. The first-order valence-electron chi connectivity index (χ1n) is 7.97. The average molecular weight is 337 g/mol. The van der Waals surface area contributed by atoms with Crippen LogP contribution in [0.3, 0.4) is 0 Å². The van der Waals surface area contributed by atoms with Gasteiger partial charge in [-0.15, -0.1) is 0 Å². The molecule has 0 radical (unpaired) electrons. The summed E-state index contributed by atoms with van der Waals surface area (Å²) in [6.07, 6.45) is 1.49. The number of benzene rings is 1. The van der Waals surface area contributed by atoms with E-state index >= 15 is 0 Å². The van der Waals surface area contributed by atoms with Crippen LogP contribution in [0.5, 0.6) is 11.5 Å². The number of rotatable bonds is 10. The second-order valence-electron chi connectivity index (χ2n) is 5.60. The fourth-order valence-electron chi connectivity index (χ4n) is 2.46. The quantitative estimate of drug-likeness (QED) is 0.658. The summed E-state index contributed by atoms with van der Waals surface area (Å²) in [5.41, 5.74) is 0.953. The van der Waals surface area contributed by atoms with Gasteiger partial charge < -0.3 is 24.2 Å². The van der Waals surface area contributed by atoms with Gasteiger partial charge in [-0.05, 0) is 30.5 Å². The molecule has 1 aromatic rings. The molecular formula is C17H23NO6. The van der Waals surface area contributed by atoms with Gasteiger partial charge in [-0.1, -0.05) is 6.07 Å². The Hall–Kier alpha value is -2.28. The monoisotopic (exact) mass is 337 g/mol. The second-order valence-corrected chi connectivity index (χ2v) is 5.60. The van der Waals surface area contributed by atoms with E-state index in [1.54, 1.807) is 12.0 Å². The number of unbranched alkanes of at least 4 members (excludes halogenated alkanes) is 1. The SMILES string of the molecule is COCCN(Cc1ccc2c(c1)OCO2)C(=O)CCCCC(=O)O. The van der Waals surface area contributed by atoms with E-state index in [1.165, 1.54) is 0 Å². The van der Waals surface area contributed by atoms with E-state index in [2.05, 4.69) is 0 Å². The zero-order valence-electron chi connectivity index (χ0n) is 13.8. The van der Waals surface area contributed by atoms with E-state index in [4.69, 9.17) is 19.3 Å². The summed E-state index contributed by atoms with van der Waals surface area (Å²) in [4.78, 5) is 24.6. The molecule has 1 aliphatic heterocycles. The number of carbonyl (C=O) groups excluding carboxylic acids is 1. The minimum absolute atomic E-state index is 0.00453. The predicted octanol–water partition coefficient (Wildman–Crippen LogP) is 2.04. The lowest BCUT2D eigenvalue weighted by atomic mass is 10.1. The zero-order chi connectivity index (χ0) is 17.4. The van der Waals surface area contributed by atoms with E-state index < -0.39 is 5.97 Å². The maximum atomic E-state index is 12.4. The Morgan fingerprint density at radius 3 is 2.71 bits per heavy atom. The van der Waals surface area contributed by atoms with E-state index in [1.807, 2.05) is 18.2 Å². The van der Waals surface area contributed by atoms with Gasteiger partial charge in [0.1, 0.15) is 0 Å². The number of nitrogens with zero attached hydrogens (tertiary/aromatic N) is 1. The lowest BCUT2D eigenvalue weighted by Gasteiger charge is -2.22. The first kappa shape index (κ1) is 18.1. The molecule has 0 unspecified atom stereocenters. The lowest BCUT2D eigenvalue weighted by Crippen LogP contribution is -2.33. The van der Waals surface area contributed by atoms with Crippen molar-refractivity contribution < 1.29 is 28.9 Å². The molecule has 1 heterocycles. The number of amides is 1. The van der Waals surface area contributed by atoms with E-state index in [0.29, 0.717) is 50.5 Å². The zero-order valence-corrected chi connectivity index (χ0v) is 13.8. The van der Waals surface area contributed by atoms with Gasteiger partial charge in [0, 0.05) is 33.0 Å². The van der Waals surface area contributed by atoms with Gasteiger partial charge in [-0.3, -0.25) is 9.59 Å². The maximum Gasteiger partial charge on any atom is 0.303 e. The molecule has 0 saturated carbocycles. The predicted molar refractivity (Wildman–Crippen MR) is 86.0 cm³/mol. The molecule has 1 N–H and O–H groups in total. The highest BCUT2D eigenvalue weighted by Crippen LogP contribution is 2.32. The number of carbonyl (C=O) groups is 2. The van der Waals surface area contributed by atoms with Crippen LogP contribution in [0.25, 0.3) is 0 Å².